The topological polar surface area (TPSA) is 49.4 Å². The number of rotatable bonds is 8. The molecule has 1 fully saturated rings. The third-order valence-corrected chi connectivity index (χ3v) is 6.44. The highest BCUT2D eigenvalue weighted by Crippen LogP contribution is 2.22. The van der Waals surface area contributed by atoms with Crippen LogP contribution in [0.2, 0.25) is 5.02 Å². The van der Waals surface area contributed by atoms with Crippen LogP contribution in [-0.4, -0.2) is 28.8 Å². The lowest BCUT2D eigenvalue weighted by Crippen LogP contribution is -2.52. The molecule has 0 aromatic heterocycles. The maximum atomic E-state index is 13.4. The molecule has 2 aromatic carbocycles. The van der Waals surface area contributed by atoms with Crippen LogP contribution in [0.1, 0.15) is 62.1 Å². The summed E-state index contributed by atoms with van der Waals surface area (Å²) in [5.74, 6) is -0.116. The van der Waals surface area contributed by atoms with Gasteiger partial charge in [-0.25, -0.2) is 0 Å². The van der Waals surface area contributed by atoms with Crippen molar-refractivity contribution in [1.82, 2.24) is 10.2 Å². The molecule has 166 valence electrons. The summed E-state index contributed by atoms with van der Waals surface area (Å²) in [5.41, 5.74) is 2.92. The third-order valence-electron chi connectivity index (χ3n) is 6.07. The van der Waals surface area contributed by atoms with E-state index in [9.17, 15) is 9.59 Å². The van der Waals surface area contributed by atoms with Gasteiger partial charge in [0.25, 0.3) is 0 Å². The average molecular weight is 441 g/mol. The van der Waals surface area contributed by atoms with E-state index in [1.165, 1.54) is 6.42 Å². The number of amides is 2. The Kier molecular flexibility index (Phi) is 8.53. The van der Waals surface area contributed by atoms with E-state index < -0.39 is 6.04 Å². The molecular formula is C26H33ClN2O2. The Morgan fingerprint density at radius 3 is 2.52 bits per heavy atom. The third kappa shape index (κ3) is 6.57. The summed E-state index contributed by atoms with van der Waals surface area (Å²) < 4.78 is 0. The SMILES string of the molecule is CC[C@@H](C(=O)NC1CCCCC1)N(Cc1ccccc1Cl)C(=O)Cc1cccc(C)c1. The molecule has 0 bridgehead atoms. The smallest absolute Gasteiger partial charge is 0.243 e. The average Bonchev–Trinajstić information content (AvgIpc) is 2.75. The Balaban J connectivity index is 1.82. The van der Waals surface area contributed by atoms with Gasteiger partial charge in [0.1, 0.15) is 6.04 Å². The van der Waals surface area contributed by atoms with E-state index in [0.717, 1.165) is 42.4 Å². The predicted molar refractivity (Wildman–Crippen MR) is 126 cm³/mol. The van der Waals surface area contributed by atoms with Gasteiger partial charge in [-0.1, -0.05) is 85.8 Å². The van der Waals surface area contributed by atoms with E-state index in [1.807, 2.05) is 62.4 Å². The molecule has 1 N–H and O–H groups in total. The van der Waals surface area contributed by atoms with E-state index >= 15 is 0 Å². The van der Waals surface area contributed by atoms with Crippen LogP contribution in [0.25, 0.3) is 0 Å². The molecule has 31 heavy (non-hydrogen) atoms. The monoisotopic (exact) mass is 440 g/mol. The van der Waals surface area contributed by atoms with E-state index in [-0.39, 0.29) is 24.3 Å². The molecule has 0 spiro atoms. The summed E-state index contributed by atoms with van der Waals surface area (Å²) >= 11 is 6.40. The van der Waals surface area contributed by atoms with Gasteiger partial charge in [-0.3, -0.25) is 9.59 Å². The molecule has 3 rings (SSSR count). The van der Waals surface area contributed by atoms with E-state index in [1.54, 1.807) is 4.90 Å². The van der Waals surface area contributed by atoms with Crippen LogP contribution in [0.5, 0.6) is 0 Å². The number of carbonyl (C=O) groups is 2. The Morgan fingerprint density at radius 2 is 1.84 bits per heavy atom. The fourth-order valence-corrected chi connectivity index (χ4v) is 4.57. The quantitative estimate of drug-likeness (QED) is 0.593. The van der Waals surface area contributed by atoms with Gasteiger partial charge in [-0.2, -0.15) is 0 Å². The maximum absolute atomic E-state index is 13.4. The number of halogens is 1. The van der Waals surface area contributed by atoms with E-state index in [2.05, 4.69) is 5.32 Å². The zero-order chi connectivity index (χ0) is 22.2. The summed E-state index contributed by atoms with van der Waals surface area (Å²) in [5, 5.41) is 3.82. The highest BCUT2D eigenvalue weighted by molar-refractivity contribution is 6.31. The number of hydrogen-bond donors (Lipinski definition) is 1. The first kappa shape index (κ1) is 23.3. The predicted octanol–water partition coefficient (Wildman–Crippen LogP) is 5.45. The summed E-state index contributed by atoms with van der Waals surface area (Å²) in [6, 6.07) is 15.2. The molecule has 2 aromatic rings. The van der Waals surface area contributed by atoms with Crippen LogP contribution in [0.4, 0.5) is 0 Å². The minimum atomic E-state index is -0.518. The van der Waals surface area contributed by atoms with Crippen molar-refractivity contribution in [3.63, 3.8) is 0 Å². The molecule has 0 heterocycles. The van der Waals surface area contributed by atoms with E-state index in [0.29, 0.717) is 18.0 Å². The Morgan fingerprint density at radius 1 is 1.10 bits per heavy atom. The van der Waals surface area contributed by atoms with Gasteiger partial charge < -0.3 is 10.2 Å². The molecule has 0 unspecified atom stereocenters. The first-order chi connectivity index (χ1) is 15.0. The van der Waals surface area contributed by atoms with Crippen molar-refractivity contribution >= 4 is 23.4 Å². The number of hydrogen-bond acceptors (Lipinski definition) is 2. The molecule has 0 aliphatic heterocycles. The lowest BCUT2D eigenvalue weighted by Gasteiger charge is -2.33. The van der Waals surface area contributed by atoms with Gasteiger partial charge in [0.15, 0.2) is 0 Å². The maximum Gasteiger partial charge on any atom is 0.243 e. The molecule has 1 saturated carbocycles. The largest absolute Gasteiger partial charge is 0.352 e. The van der Waals surface area contributed by atoms with Crippen molar-refractivity contribution in [2.75, 3.05) is 0 Å². The van der Waals surface area contributed by atoms with Crippen molar-refractivity contribution < 1.29 is 9.59 Å². The van der Waals surface area contributed by atoms with Crippen LogP contribution in [0, 0.1) is 6.92 Å². The van der Waals surface area contributed by atoms with Gasteiger partial charge in [0.2, 0.25) is 11.8 Å². The molecule has 1 aliphatic carbocycles. The van der Waals surface area contributed by atoms with Crippen molar-refractivity contribution in [2.45, 2.75) is 77.4 Å². The second kappa shape index (κ2) is 11.3. The summed E-state index contributed by atoms with van der Waals surface area (Å²) in [6.45, 7) is 4.30. The summed E-state index contributed by atoms with van der Waals surface area (Å²) in [4.78, 5) is 28.4. The zero-order valence-electron chi connectivity index (χ0n) is 18.6. The Hall–Kier alpha value is -2.33. The van der Waals surface area contributed by atoms with Crippen molar-refractivity contribution in [3.8, 4) is 0 Å². The molecule has 5 heteroatoms. The van der Waals surface area contributed by atoms with Gasteiger partial charge >= 0.3 is 0 Å². The number of aryl methyl sites for hydroxylation is 1. The lowest BCUT2D eigenvalue weighted by atomic mass is 9.95. The Bertz CT molecular complexity index is 892. The molecular weight excluding hydrogens is 408 g/mol. The fourth-order valence-electron chi connectivity index (χ4n) is 4.37. The zero-order valence-corrected chi connectivity index (χ0v) is 19.3. The van der Waals surface area contributed by atoms with Crippen LogP contribution >= 0.6 is 11.6 Å². The summed E-state index contributed by atoms with van der Waals surface area (Å²) in [6.07, 6.45) is 6.39. The standard InChI is InChI=1S/C26H33ClN2O2/c1-3-24(26(31)28-22-13-5-4-6-14-22)29(18-21-12-7-8-15-23(21)27)25(30)17-20-11-9-10-19(2)16-20/h7-12,15-16,22,24H,3-6,13-14,17-18H2,1-2H3,(H,28,31)/t24-/m0/s1. The summed E-state index contributed by atoms with van der Waals surface area (Å²) in [7, 11) is 0. The minimum Gasteiger partial charge on any atom is -0.352 e. The van der Waals surface area contributed by atoms with Crippen molar-refractivity contribution in [3.05, 3.63) is 70.2 Å². The van der Waals surface area contributed by atoms with Gasteiger partial charge in [-0.15, -0.1) is 0 Å². The normalized spacial score (nSPS) is 15.3. The van der Waals surface area contributed by atoms with Crippen LogP contribution in [0.3, 0.4) is 0 Å². The highest BCUT2D eigenvalue weighted by atomic mass is 35.5. The Labute approximate surface area is 191 Å². The van der Waals surface area contributed by atoms with Gasteiger partial charge in [0, 0.05) is 17.6 Å². The fraction of sp³-hybridized carbons (Fsp3) is 0.462. The van der Waals surface area contributed by atoms with Crippen LogP contribution in [0.15, 0.2) is 48.5 Å². The minimum absolute atomic E-state index is 0.0564. The molecule has 0 radical (unpaired) electrons. The second-order valence-electron chi connectivity index (χ2n) is 8.55. The second-order valence-corrected chi connectivity index (χ2v) is 8.95. The number of carbonyl (C=O) groups excluding carboxylic acids is 2. The molecule has 4 nitrogen and oxygen atoms in total. The molecule has 0 saturated heterocycles. The first-order valence-corrected chi connectivity index (χ1v) is 11.7. The molecule has 1 atom stereocenters. The molecule has 1 aliphatic rings. The number of nitrogens with zero attached hydrogens (tertiary/aromatic N) is 1. The van der Waals surface area contributed by atoms with Gasteiger partial charge in [0.05, 0.1) is 6.42 Å². The van der Waals surface area contributed by atoms with Gasteiger partial charge in [-0.05, 0) is 43.4 Å². The van der Waals surface area contributed by atoms with Crippen molar-refractivity contribution in [1.29, 1.82) is 0 Å². The van der Waals surface area contributed by atoms with Crippen LogP contribution < -0.4 is 5.32 Å². The number of nitrogens with one attached hydrogen (secondary N) is 1. The lowest BCUT2D eigenvalue weighted by molar-refractivity contribution is -0.141. The number of benzene rings is 2. The first-order valence-electron chi connectivity index (χ1n) is 11.4. The van der Waals surface area contributed by atoms with Crippen LogP contribution in [-0.2, 0) is 22.6 Å². The highest BCUT2D eigenvalue weighted by Gasteiger charge is 2.30. The molecule has 2 amide bonds. The van der Waals surface area contributed by atoms with E-state index in [4.69, 9.17) is 11.6 Å². The van der Waals surface area contributed by atoms with Crippen molar-refractivity contribution in [2.24, 2.45) is 0 Å².